The van der Waals surface area contributed by atoms with E-state index < -0.39 is 0 Å². The van der Waals surface area contributed by atoms with Gasteiger partial charge in [-0.3, -0.25) is 0 Å². The Kier molecular flexibility index (Phi) is 1.69. The summed E-state index contributed by atoms with van der Waals surface area (Å²) in [5.74, 6) is 0. The van der Waals surface area contributed by atoms with Crippen LogP contribution in [0.1, 0.15) is 38.5 Å². The molecule has 0 aliphatic heterocycles. The SMILES string of the molecule is OC1CCCC12CCC[C@H]2O. The van der Waals surface area contributed by atoms with Crippen LogP contribution in [0.15, 0.2) is 0 Å². The predicted molar refractivity (Wildman–Crippen MR) is 42.1 cm³/mol. The second kappa shape index (κ2) is 2.46. The minimum Gasteiger partial charge on any atom is -0.392 e. The van der Waals surface area contributed by atoms with Crippen molar-refractivity contribution in [3.63, 3.8) is 0 Å². The van der Waals surface area contributed by atoms with Crippen LogP contribution in [0.3, 0.4) is 0 Å². The fraction of sp³-hybridized carbons (Fsp3) is 1.00. The van der Waals surface area contributed by atoms with Gasteiger partial charge in [0.2, 0.25) is 0 Å². The molecule has 0 amide bonds. The summed E-state index contributed by atoms with van der Waals surface area (Å²) in [4.78, 5) is 0. The first-order chi connectivity index (χ1) is 5.26. The van der Waals surface area contributed by atoms with Crippen LogP contribution in [0, 0.1) is 5.41 Å². The second-order valence-corrected chi connectivity index (χ2v) is 4.05. The van der Waals surface area contributed by atoms with Crippen LogP contribution in [0.5, 0.6) is 0 Å². The van der Waals surface area contributed by atoms with Gasteiger partial charge in [-0.05, 0) is 25.7 Å². The monoisotopic (exact) mass is 156 g/mol. The van der Waals surface area contributed by atoms with E-state index in [1.54, 1.807) is 0 Å². The van der Waals surface area contributed by atoms with E-state index in [1.807, 2.05) is 0 Å². The maximum Gasteiger partial charge on any atom is 0.0621 e. The highest BCUT2D eigenvalue weighted by molar-refractivity contribution is 5.00. The van der Waals surface area contributed by atoms with Crippen LogP contribution < -0.4 is 0 Å². The first-order valence-corrected chi connectivity index (χ1v) is 4.62. The van der Waals surface area contributed by atoms with Gasteiger partial charge < -0.3 is 10.2 Å². The summed E-state index contributed by atoms with van der Waals surface area (Å²) in [5.41, 5.74) is -0.0833. The number of hydrogen-bond donors (Lipinski definition) is 2. The second-order valence-electron chi connectivity index (χ2n) is 4.05. The molecular formula is C9H16O2. The Morgan fingerprint density at radius 3 is 1.64 bits per heavy atom. The van der Waals surface area contributed by atoms with Gasteiger partial charge in [0.25, 0.3) is 0 Å². The van der Waals surface area contributed by atoms with E-state index >= 15 is 0 Å². The number of aliphatic hydroxyl groups excluding tert-OH is 2. The van der Waals surface area contributed by atoms with Crippen molar-refractivity contribution in [3.05, 3.63) is 0 Å². The molecule has 2 aliphatic rings. The Morgan fingerprint density at radius 2 is 1.36 bits per heavy atom. The van der Waals surface area contributed by atoms with Crippen molar-refractivity contribution in [3.8, 4) is 0 Å². The van der Waals surface area contributed by atoms with E-state index in [1.165, 1.54) is 0 Å². The molecule has 0 aromatic carbocycles. The number of aliphatic hydroxyl groups is 2. The molecular weight excluding hydrogens is 140 g/mol. The van der Waals surface area contributed by atoms with E-state index in [-0.39, 0.29) is 17.6 Å². The third-order valence-electron chi connectivity index (χ3n) is 3.57. The molecule has 64 valence electrons. The fourth-order valence-electron chi connectivity index (χ4n) is 2.84. The zero-order chi connectivity index (χ0) is 7.90. The molecule has 0 aromatic heterocycles. The molecule has 0 heterocycles. The zero-order valence-corrected chi connectivity index (χ0v) is 6.79. The maximum atomic E-state index is 9.69. The highest BCUT2D eigenvalue weighted by Crippen LogP contribution is 2.50. The average Bonchev–Trinajstić information content (AvgIpc) is 2.48. The molecule has 0 aromatic rings. The topological polar surface area (TPSA) is 40.5 Å². The van der Waals surface area contributed by atoms with Crippen molar-refractivity contribution >= 4 is 0 Å². The van der Waals surface area contributed by atoms with Gasteiger partial charge in [-0.1, -0.05) is 12.8 Å². The van der Waals surface area contributed by atoms with Crippen LogP contribution in [-0.4, -0.2) is 22.4 Å². The minimum atomic E-state index is -0.222. The van der Waals surface area contributed by atoms with Gasteiger partial charge in [-0.2, -0.15) is 0 Å². The standard InChI is InChI=1S/C9H16O2/c10-7-3-1-5-9(7)6-2-4-8(9)11/h7-8,10-11H,1-6H2/t7-,8?,9?/m1/s1. The molecule has 1 spiro atoms. The van der Waals surface area contributed by atoms with Crippen LogP contribution >= 0.6 is 0 Å². The number of rotatable bonds is 0. The highest BCUT2D eigenvalue weighted by Gasteiger charge is 2.49. The molecule has 2 heteroatoms. The Balaban J connectivity index is 2.19. The van der Waals surface area contributed by atoms with Gasteiger partial charge >= 0.3 is 0 Å². The van der Waals surface area contributed by atoms with Crippen molar-refractivity contribution in [2.24, 2.45) is 5.41 Å². The van der Waals surface area contributed by atoms with E-state index in [2.05, 4.69) is 0 Å². The minimum absolute atomic E-state index is 0.0833. The Bertz CT molecular complexity index is 138. The van der Waals surface area contributed by atoms with E-state index in [0.29, 0.717) is 0 Å². The molecule has 2 nitrogen and oxygen atoms in total. The largest absolute Gasteiger partial charge is 0.392 e. The van der Waals surface area contributed by atoms with Crippen LogP contribution in [-0.2, 0) is 0 Å². The quantitative estimate of drug-likeness (QED) is 0.550. The Labute approximate surface area is 67.2 Å². The molecule has 11 heavy (non-hydrogen) atoms. The summed E-state index contributed by atoms with van der Waals surface area (Å²) in [5, 5.41) is 19.4. The Morgan fingerprint density at radius 1 is 0.909 bits per heavy atom. The van der Waals surface area contributed by atoms with Gasteiger partial charge in [0.05, 0.1) is 12.2 Å². The molecule has 2 fully saturated rings. The third-order valence-corrected chi connectivity index (χ3v) is 3.57. The molecule has 0 radical (unpaired) electrons. The molecule has 2 rings (SSSR count). The lowest BCUT2D eigenvalue weighted by Gasteiger charge is -2.31. The molecule has 2 aliphatic carbocycles. The predicted octanol–water partition coefficient (Wildman–Crippen LogP) is 1.06. The summed E-state index contributed by atoms with van der Waals surface area (Å²) in [6.07, 6.45) is 5.62. The summed E-state index contributed by atoms with van der Waals surface area (Å²) in [6.45, 7) is 0. The summed E-state index contributed by atoms with van der Waals surface area (Å²) < 4.78 is 0. The molecule has 3 atom stereocenters. The van der Waals surface area contributed by atoms with Crippen molar-refractivity contribution < 1.29 is 10.2 Å². The first kappa shape index (κ1) is 7.56. The lowest BCUT2D eigenvalue weighted by atomic mass is 9.80. The van der Waals surface area contributed by atoms with Gasteiger partial charge in [0, 0.05) is 5.41 Å². The summed E-state index contributed by atoms with van der Waals surface area (Å²) in [6, 6.07) is 0. The first-order valence-electron chi connectivity index (χ1n) is 4.62. The van der Waals surface area contributed by atoms with Crippen molar-refractivity contribution in [1.29, 1.82) is 0 Å². The molecule has 0 bridgehead atoms. The zero-order valence-electron chi connectivity index (χ0n) is 6.79. The highest BCUT2D eigenvalue weighted by atomic mass is 16.3. The lowest BCUT2D eigenvalue weighted by Crippen LogP contribution is -2.37. The van der Waals surface area contributed by atoms with Crippen LogP contribution in [0.4, 0.5) is 0 Å². The molecule has 2 saturated carbocycles. The average molecular weight is 156 g/mol. The van der Waals surface area contributed by atoms with E-state index in [4.69, 9.17) is 0 Å². The summed E-state index contributed by atoms with van der Waals surface area (Å²) >= 11 is 0. The van der Waals surface area contributed by atoms with Gasteiger partial charge in [0.1, 0.15) is 0 Å². The Hall–Kier alpha value is -0.0800. The van der Waals surface area contributed by atoms with Crippen molar-refractivity contribution in [2.75, 3.05) is 0 Å². The van der Waals surface area contributed by atoms with Crippen molar-refractivity contribution in [2.45, 2.75) is 50.7 Å². The van der Waals surface area contributed by atoms with Gasteiger partial charge in [-0.15, -0.1) is 0 Å². The van der Waals surface area contributed by atoms with E-state index in [0.717, 1.165) is 38.5 Å². The fourth-order valence-corrected chi connectivity index (χ4v) is 2.84. The molecule has 2 unspecified atom stereocenters. The number of hydrogen-bond acceptors (Lipinski definition) is 2. The van der Waals surface area contributed by atoms with Crippen LogP contribution in [0.2, 0.25) is 0 Å². The molecule has 0 saturated heterocycles. The lowest BCUT2D eigenvalue weighted by molar-refractivity contribution is -0.0299. The van der Waals surface area contributed by atoms with Gasteiger partial charge in [-0.25, -0.2) is 0 Å². The maximum absolute atomic E-state index is 9.69. The summed E-state index contributed by atoms with van der Waals surface area (Å²) in [7, 11) is 0. The van der Waals surface area contributed by atoms with Gasteiger partial charge in [0.15, 0.2) is 0 Å². The third kappa shape index (κ3) is 0.926. The van der Waals surface area contributed by atoms with E-state index in [9.17, 15) is 10.2 Å². The normalized spacial score (nSPS) is 50.7. The smallest absolute Gasteiger partial charge is 0.0621 e. The molecule has 2 N–H and O–H groups in total. The van der Waals surface area contributed by atoms with Crippen LogP contribution in [0.25, 0.3) is 0 Å². The van der Waals surface area contributed by atoms with Crippen molar-refractivity contribution in [1.82, 2.24) is 0 Å².